The van der Waals surface area contributed by atoms with Crippen LogP contribution in [0.5, 0.6) is 5.75 Å². The van der Waals surface area contributed by atoms with E-state index < -0.39 is 58.0 Å². The first-order valence-electron chi connectivity index (χ1n) is 12.6. The van der Waals surface area contributed by atoms with Gasteiger partial charge in [0.2, 0.25) is 5.78 Å². The van der Waals surface area contributed by atoms with Crippen molar-refractivity contribution in [2.45, 2.75) is 51.3 Å². The van der Waals surface area contributed by atoms with Crippen LogP contribution < -0.4 is 11.1 Å². The fourth-order valence-electron chi connectivity index (χ4n) is 6.23. The Balaban J connectivity index is 1.86. The Bertz CT molecular complexity index is 1330. The van der Waals surface area contributed by atoms with Gasteiger partial charge in [-0.2, -0.15) is 0 Å². The van der Waals surface area contributed by atoms with Crippen LogP contribution in [0.2, 0.25) is 0 Å². The molecule has 0 radical (unpaired) electrons. The molecule has 38 heavy (non-hydrogen) atoms. The molecule has 0 bridgehead atoms. The summed E-state index contributed by atoms with van der Waals surface area (Å²) in [6.07, 6.45) is 2.02. The number of carbonyl (C=O) groups excluding carboxylic acids is 3. The number of amides is 1. The predicted molar refractivity (Wildman–Crippen MR) is 140 cm³/mol. The predicted octanol–water partition coefficient (Wildman–Crippen LogP) is 1.74. The summed E-state index contributed by atoms with van der Waals surface area (Å²) < 4.78 is 0. The molecule has 1 amide bonds. The number of aliphatic hydroxyl groups excluding tert-OH is 2. The highest BCUT2D eigenvalue weighted by atomic mass is 16.3. The van der Waals surface area contributed by atoms with Gasteiger partial charge in [-0.25, -0.2) is 0 Å². The molecule has 1 aromatic rings. The van der Waals surface area contributed by atoms with E-state index in [2.05, 4.69) is 5.32 Å². The molecule has 0 saturated heterocycles. The van der Waals surface area contributed by atoms with Crippen molar-refractivity contribution in [1.82, 2.24) is 10.2 Å². The Hall–Kier alpha value is -3.47. The molecule has 0 saturated carbocycles. The third-order valence-corrected chi connectivity index (χ3v) is 8.40. The summed E-state index contributed by atoms with van der Waals surface area (Å²) in [5.41, 5.74) is 3.94. The molecule has 4 rings (SSSR count). The van der Waals surface area contributed by atoms with Crippen molar-refractivity contribution in [2.75, 3.05) is 20.6 Å². The quantitative estimate of drug-likeness (QED) is 0.239. The van der Waals surface area contributed by atoms with Gasteiger partial charge < -0.3 is 31.5 Å². The van der Waals surface area contributed by atoms with Crippen molar-refractivity contribution in [2.24, 2.45) is 17.6 Å². The average Bonchev–Trinajstić information content (AvgIpc) is 2.84. The molecule has 0 unspecified atom stereocenters. The second kappa shape index (κ2) is 9.68. The van der Waals surface area contributed by atoms with Crippen LogP contribution in [0, 0.1) is 11.8 Å². The highest BCUT2D eigenvalue weighted by molar-refractivity contribution is 6.24. The van der Waals surface area contributed by atoms with Gasteiger partial charge >= 0.3 is 0 Å². The number of hydrogen-bond acceptors (Lipinski definition) is 9. The molecule has 0 aliphatic heterocycles. The summed E-state index contributed by atoms with van der Waals surface area (Å²) in [6.45, 7) is 6.63. The fourth-order valence-corrected chi connectivity index (χ4v) is 6.23. The number of benzene rings is 1. The van der Waals surface area contributed by atoms with Gasteiger partial charge in [-0.3, -0.25) is 19.3 Å². The molecule has 0 fully saturated rings. The van der Waals surface area contributed by atoms with E-state index in [1.54, 1.807) is 26.2 Å². The van der Waals surface area contributed by atoms with Crippen LogP contribution in [0.3, 0.4) is 0 Å². The second-order valence-electron chi connectivity index (χ2n) is 10.7. The lowest BCUT2D eigenvalue weighted by atomic mass is 9.56. The lowest BCUT2D eigenvalue weighted by molar-refractivity contribution is -0.148. The van der Waals surface area contributed by atoms with Crippen molar-refractivity contribution in [3.05, 3.63) is 63.1 Å². The van der Waals surface area contributed by atoms with E-state index >= 15 is 0 Å². The molecule has 3 aliphatic rings. The first-order chi connectivity index (χ1) is 17.8. The number of nitrogens with zero attached hydrogens (tertiary/aromatic N) is 1. The average molecular weight is 526 g/mol. The number of primary amides is 1. The zero-order valence-corrected chi connectivity index (χ0v) is 22.2. The number of aliphatic hydroxyl groups is 3. The minimum atomic E-state index is -2.65. The topological polar surface area (TPSA) is 173 Å². The van der Waals surface area contributed by atoms with Crippen molar-refractivity contribution < 1.29 is 34.8 Å². The Morgan fingerprint density at radius 2 is 1.89 bits per heavy atom. The minimum absolute atomic E-state index is 0.0142. The fraction of sp³-hybridized carbons (Fsp3) is 0.464. The van der Waals surface area contributed by atoms with Crippen LogP contribution in [0.15, 0.2) is 46.4 Å². The SMILES string of the molecule is C/C=C(/C)CNCc1ccc2c(c1O)C(=O)C1=C(O)[C@]3(O)C(=O)C(C(N)=O)=C(O)[C@@H](N(C)C)[C@@H]3C[C@@H]1[C@H]2C. The van der Waals surface area contributed by atoms with E-state index in [0.717, 1.165) is 5.57 Å². The van der Waals surface area contributed by atoms with E-state index in [4.69, 9.17) is 5.73 Å². The van der Waals surface area contributed by atoms with E-state index in [0.29, 0.717) is 24.2 Å². The molecule has 204 valence electrons. The Morgan fingerprint density at radius 1 is 1.24 bits per heavy atom. The monoisotopic (exact) mass is 525 g/mol. The number of ketones is 2. The van der Waals surface area contributed by atoms with Gasteiger partial charge in [-0.1, -0.05) is 30.7 Å². The summed E-state index contributed by atoms with van der Waals surface area (Å²) >= 11 is 0. The number of carbonyl (C=O) groups is 3. The molecule has 3 aliphatic carbocycles. The van der Waals surface area contributed by atoms with Gasteiger partial charge in [-0.05, 0) is 51.8 Å². The highest BCUT2D eigenvalue weighted by Crippen LogP contribution is 2.55. The van der Waals surface area contributed by atoms with Crippen molar-refractivity contribution in [1.29, 1.82) is 0 Å². The highest BCUT2D eigenvalue weighted by Gasteiger charge is 2.63. The number of rotatable bonds is 6. The van der Waals surface area contributed by atoms with Gasteiger partial charge in [0.25, 0.3) is 5.91 Å². The first-order valence-corrected chi connectivity index (χ1v) is 12.6. The van der Waals surface area contributed by atoms with Gasteiger partial charge in [-0.15, -0.1) is 0 Å². The van der Waals surface area contributed by atoms with Crippen LogP contribution in [-0.2, 0) is 16.1 Å². The minimum Gasteiger partial charge on any atom is -0.510 e. The van der Waals surface area contributed by atoms with Gasteiger partial charge in [0.1, 0.15) is 22.8 Å². The van der Waals surface area contributed by atoms with Crippen LogP contribution in [-0.4, -0.2) is 75.1 Å². The molecule has 0 aromatic heterocycles. The smallest absolute Gasteiger partial charge is 0.255 e. The molecule has 5 atom stereocenters. The molecule has 0 heterocycles. The Kier molecular flexibility index (Phi) is 7.02. The van der Waals surface area contributed by atoms with Crippen molar-refractivity contribution >= 4 is 17.5 Å². The number of nitrogens with one attached hydrogen (secondary N) is 1. The van der Waals surface area contributed by atoms with Crippen LogP contribution in [0.4, 0.5) is 0 Å². The summed E-state index contributed by atoms with van der Waals surface area (Å²) in [4.78, 5) is 40.9. The third-order valence-electron chi connectivity index (χ3n) is 8.40. The second-order valence-corrected chi connectivity index (χ2v) is 10.7. The van der Waals surface area contributed by atoms with E-state index in [1.807, 2.05) is 26.8 Å². The first kappa shape index (κ1) is 27.6. The Labute approximate surface area is 221 Å². The molecule has 10 nitrogen and oxygen atoms in total. The number of phenols is 1. The maximum Gasteiger partial charge on any atom is 0.255 e. The molecule has 0 spiro atoms. The lowest BCUT2D eigenvalue weighted by Gasteiger charge is -2.51. The lowest BCUT2D eigenvalue weighted by Crippen LogP contribution is -2.64. The number of fused-ring (bicyclic) bond motifs is 3. The summed E-state index contributed by atoms with van der Waals surface area (Å²) in [7, 11) is 3.20. The summed E-state index contributed by atoms with van der Waals surface area (Å²) in [5, 5.41) is 48.3. The molecular weight excluding hydrogens is 490 g/mol. The number of phenolic OH excluding ortho intramolecular Hbond substituents is 1. The van der Waals surface area contributed by atoms with Crippen LogP contribution in [0.1, 0.15) is 54.6 Å². The zero-order chi connectivity index (χ0) is 28.3. The van der Waals surface area contributed by atoms with E-state index in [1.165, 1.54) is 4.90 Å². The maximum absolute atomic E-state index is 13.8. The van der Waals surface area contributed by atoms with E-state index in [-0.39, 0.29) is 29.2 Å². The van der Waals surface area contributed by atoms with E-state index in [9.17, 15) is 34.8 Å². The number of Topliss-reactive ketones (excluding diaryl/α,β-unsaturated/α-hetero) is 2. The van der Waals surface area contributed by atoms with Crippen molar-refractivity contribution in [3.63, 3.8) is 0 Å². The number of aromatic hydroxyl groups is 1. The van der Waals surface area contributed by atoms with Crippen LogP contribution >= 0.6 is 0 Å². The normalized spacial score (nSPS) is 29.4. The van der Waals surface area contributed by atoms with Crippen molar-refractivity contribution in [3.8, 4) is 5.75 Å². The number of hydrogen-bond donors (Lipinski definition) is 6. The van der Waals surface area contributed by atoms with Gasteiger partial charge in [0.15, 0.2) is 11.4 Å². The number of likely N-dealkylation sites (N-methyl/N-ethyl adjacent to an activating group) is 1. The summed E-state index contributed by atoms with van der Waals surface area (Å²) in [5.74, 6) is -6.90. The van der Waals surface area contributed by atoms with Gasteiger partial charge in [0.05, 0.1) is 11.6 Å². The molecule has 1 aromatic carbocycles. The van der Waals surface area contributed by atoms with Crippen LogP contribution in [0.25, 0.3) is 0 Å². The molecule has 10 heteroatoms. The standard InChI is InChI=1S/C28H35N3O7/c1-6-12(2)10-30-11-14-7-8-15-13(3)16-9-17-21(31(4)5)24(34)20(27(29)37)26(36)28(17,38)25(35)19(16)23(33)18(15)22(14)32/h6-8,13,16-17,21,30,32,34-35,38H,9-11H2,1-5H3,(H2,29,37)/b12-6-/t13-,16+,17-,21-,28-/m0/s1. The molecular formula is C28H35N3O7. The zero-order valence-electron chi connectivity index (χ0n) is 22.2. The largest absolute Gasteiger partial charge is 0.510 e. The number of allylic oxidation sites excluding steroid dienone is 2. The Morgan fingerprint density at radius 3 is 2.47 bits per heavy atom. The third kappa shape index (κ3) is 3.86. The van der Waals surface area contributed by atoms with Gasteiger partial charge in [0, 0.05) is 30.1 Å². The molecule has 7 N–H and O–H groups in total. The summed E-state index contributed by atoms with van der Waals surface area (Å²) in [6, 6.07) is 2.52. The number of nitrogens with two attached hydrogens (primary N) is 1. The maximum atomic E-state index is 13.8.